The second kappa shape index (κ2) is 10.8. The molecule has 0 saturated carbocycles. The Morgan fingerprint density at radius 3 is 2.22 bits per heavy atom. The van der Waals surface area contributed by atoms with Crippen LogP contribution in [0.25, 0.3) is 0 Å². The van der Waals surface area contributed by atoms with Crippen molar-refractivity contribution in [1.29, 1.82) is 0 Å². The van der Waals surface area contributed by atoms with E-state index < -0.39 is 10.0 Å². The predicted molar refractivity (Wildman–Crippen MR) is 128 cm³/mol. The molecule has 0 spiro atoms. The first-order chi connectivity index (χ1) is 15.3. The molecule has 0 heterocycles. The summed E-state index contributed by atoms with van der Waals surface area (Å²) in [6.07, 6.45) is 0. The number of nitrogens with one attached hydrogen (secondary N) is 1. The van der Waals surface area contributed by atoms with Crippen LogP contribution in [0, 0.1) is 0 Å². The molecule has 0 saturated heterocycles. The summed E-state index contributed by atoms with van der Waals surface area (Å²) in [5.41, 5.74) is 1.67. The van der Waals surface area contributed by atoms with Crippen LogP contribution in [-0.2, 0) is 21.4 Å². The Labute approximate surface area is 197 Å². The van der Waals surface area contributed by atoms with Gasteiger partial charge >= 0.3 is 0 Å². The van der Waals surface area contributed by atoms with E-state index in [4.69, 9.17) is 4.74 Å². The van der Waals surface area contributed by atoms with Gasteiger partial charge in [0.15, 0.2) is 0 Å². The van der Waals surface area contributed by atoms with Crippen molar-refractivity contribution in [3.63, 3.8) is 0 Å². The molecule has 0 bridgehead atoms. The van der Waals surface area contributed by atoms with E-state index in [0.29, 0.717) is 0 Å². The molecule has 3 aromatic carbocycles. The van der Waals surface area contributed by atoms with E-state index >= 15 is 0 Å². The quantitative estimate of drug-likeness (QED) is 0.453. The lowest BCUT2D eigenvalue weighted by molar-refractivity contribution is -0.122. The lowest BCUT2D eigenvalue weighted by Crippen LogP contribution is -2.41. The number of ether oxygens (including phenoxy) is 1. The van der Waals surface area contributed by atoms with Crippen LogP contribution >= 0.6 is 15.9 Å². The number of carbonyl (C=O) groups excluding carboxylic acids is 1. The number of rotatable bonds is 9. The number of carbonyl (C=O) groups is 1. The molecule has 168 valence electrons. The van der Waals surface area contributed by atoms with Gasteiger partial charge in [0.1, 0.15) is 5.75 Å². The van der Waals surface area contributed by atoms with Crippen LogP contribution in [-0.4, -0.2) is 32.3 Å². The molecule has 0 aliphatic heterocycles. The molecule has 32 heavy (non-hydrogen) atoms. The van der Waals surface area contributed by atoms with Gasteiger partial charge in [0.2, 0.25) is 15.9 Å². The second-order valence-corrected chi connectivity index (χ2v) is 10.1. The van der Waals surface area contributed by atoms with Gasteiger partial charge in [-0.2, -0.15) is 4.31 Å². The Hall–Kier alpha value is -2.68. The standard InChI is InChI=1S/C24H25BrN2O4S/c1-18(20-10-14-22(31-2)15-11-20)26-24(28)17-27(16-19-8-12-21(25)13-9-19)32(29,30)23-6-4-3-5-7-23/h3-15,18H,16-17H2,1-2H3,(H,26,28). The highest BCUT2D eigenvalue weighted by Crippen LogP contribution is 2.21. The minimum Gasteiger partial charge on any atom is -0.497 e. The number of sulfonamides is 1. The zero-order valence-electron chi connectivity index (χ0n) is 17.9. The van der Waals surface area contributed by atoms with Gasteiger partial charge in [0.25, 0.3) is 0 Å². The molecule has 1 unspecified atom stereocenters. The molecular weight excluding hydrogens is 492 g/mol. The van der Waals surface area contributed by atoms with Crippen LogP contribution in [0.5, 0.6) is 5.75 Å². The van der Waals surface area contributed by atoms with Crippen molar-refractivity contribution in [2.75, 3.05) is 13.7 Å². The third kappa shape index (κ3) is 6.18. The maximum absolute atomic E-state index is 13.3. The van der Waals surface area contributed by atoms with Gasteiger partial charge in [-0.1, -0.05) is 58.4 Å². The van der Waals surface area contributed by atoms with Gasteiger partial charge in [-0.25, -0.2) is 8.42 Å². The summed E-state index contributed by atoms with van der Waals surface area (Å²) >= 11 is 3.38. The van der Waals surface area contributed by atoms with Gasteiger partial charge in [-0.3, -0.25) is 4.79 Å². The summed E-state index contributed by atoms with van der Waals surface area (Å²) in [6, 6.07) is 22.6. The molecule has 8 heteroatoms. The predicted octanol–water partition coefficient (Wildman–Crippen LogP) is 4.53. The summed E-state index contributed by atoms with van der Waals surface area (Å²) in [5, 5.41) is 2.89. The van der Waals surface area contributed by atoms with Crippen molar-refractivity contribution in [2.45, 2.75) is 24.4 Å². The highest BCUT2D eigenvalue weighted by molar-refractivity contribution is 9.10. The molecule has 1 atom stereocenters. The van der Waals surface area contributed by atoms with E-state index in [1.807, 2.05) is 55.5 Å². The molecule has 1 amide bonds. The molecule has 6 nitrogen and oxygen atoms in total. The van der Waals surface area contributed by atoms with Crippen LogP contribution in [0.2, 0.25) is 0 Å². The van der Waals surface area contributed by atoms with Gasteiger partial charge in [0, 0.05) is 11.0 Å². The molecule has 1 N–H and O–H groups in total. The van der Waals surface area contributed by atoms with E-state index in [2.05, 4.69) is 21.2 Å². The van der Waals surface area contributed by atoms with E-state index in [9.17, 15) is 13.2 Å². The Bertz CT molecular complexity index is 1130. The molecule has 0 aromatic heterocycles. The lowest BCUT2D eigenvalue weighted by Gasteiger charge is -2.23. The van der Waals surface area contributed by atoms with Gasteiger partial charge < -0.3 is 10.1 Å². The Balaban J connectivity index is 1.79. The van der Waals surface area contributed by atoms with Crippen LogP contribution in [0.15, 0.2) is 88.2 Å². The summed E-state index contributed by atoms with van der Waals surface area (Å²) < 4.78 is 33.8. The maximum atomic E-state index is 13.3. The molecule has 0 aliphatic rings. The number of methoxy groups -OCH3 is 1. The van der Waals surface area contributed by atoms with Crippen molar-refractivity contribution in [1.82, 2.24) is 9.62 Å². The molecule has 0 fully saturated rings. The molecule has 3 rings (SSSR count). The maximum Gasteiger partial charge on any atom is 0.243 e. The van der Waals surface area contributed by atoms with Crippen molar-refractivity contribution in [2.24, 2.45) is 0 Å². The van der Waals surface area contributed by atoms with Crippen molar-refractivity contribution in [3.8, 4) is 5.75 Å². The van der Waals surface area contributed by atoms with Crippen molar-refractivity contribution in [3.05, 3.63) is 94.5 Å². The summed E-state index contributed by atoms with van der Waals surface area (Å²) in [7, 11) is -2.28. The summed E-state index contributed by atoms with van der Waals surface area (Å²) in [6.45, 7) is 1.63. The fraction of sp³-hybridized carbons (Fsp3) is 0.208. The number of nitrogens with zero attached hydrogens (tertiary/aromatic N) is 1. The van der Waals surface area contributed by atoms with Gasteiger partial charge in [-0.05, 0) is 54.4 Å². The van der Waals surface area contributed by atoms with Gasteiger partial charge in [-0.15, -0.1) is 0 Å². The minimum atomic E-state index is -3.87. The van der Waals surface area contributed by atoms with Crippen LogP contribution in [0.4, 0.5) is 0 Å². The summed E-state index contributed by atoms with van der Waals surface area (Å²) in [4.78, 5) is 13.0. The lowest BCUT2D eigenvalue weighted by atomic mass is 10.1. The largest absolute Gasteiger partial charge is 0.497 e. The fourth-order valence-electron chi connectivity index (χ4n) is 3.18. The minimum absolute atomic E-state index is 0.0782. The van der Waals surface area contributed by atoms with Crippen LogP contribution in [0.3, 0.4) is 0 Å². The number of amides is 1. The van der Waals surface area contributed by atoms with E-state index in [1.165, 1.54) is 16.4 Å². The van der Waals surface area contributed by atoms with Crippen LogP contribution < -0.4 is 10.1 Å². The Morgan fingerprint density at radius 2 is 1.62 bits per heavy atom. The first kappa shape index (κ1) is 24.0. The average molecular weight is 517 g/mol. The number of benzene rings is 3. The first-order valence-electron chi connectivity index (χ1n) is 10.0. The average Bonchev–Trinajstić information content (AvgIpc) is 2.80. The van der Waals surface area contributed by atoms with Crippen LogP contribution in [0.1, 0.15) is 24.1 Å². The topological polar surface area (TPSA) is 75.7 Å². The highest BCUT2D eigenvalue weighted by Gasteiger charge is 2.27. The second-order valence-electron chi connectivity index (χ2n) is 7.27. The monoisotopic (exact) mass is 516 g/mol. The van der Waals surface area contributed by atoms with Crippen molar-refractivity contribution >= 4 is 31.9 Å². The third-order valence-electron chi connectivity index (χ3n) is 4.97. The summed E-state index contributed by atoms with van der Waals surface area (Å²) in [5.74, 6) is 0.340. The smallest absolute Gasteiger partial charge is 0.243 e. The Kier molecular flexibility index (Phi) is 8.06. The molecular formula is C24H25BrN2O4S. The van der Waals surface area contributed by atoms with E-state index in [-0.39, 0.29) is 29.9 Å². The third-order valence-corrected chi connectivity index (χ3v) is 7.30. The normalized spacial score (nSPS) is 12.4. The first-order valence-corrected chi connectivity index (χ1v) is 12.3. The molecule has 3 aromatic rings. The number of halogens is 1. The fourth-order valence-corrected chi connectivity index (χ4v) is 4.85. The zero-order chi connectivity index (χ0) is 23.1. The SMILES string of the molecule is COc1ccc(C(C)NC(=O)CN(Cc2ccc(Br)cc2)S(=O)(=O)c2ccccc2)cc1. The molecule has 0 aliphatic carbocycles. The highest BCUT2D eigenvalue weighted by atomic mass is 79.9. The molecule has 0 radical (unpaired) electrons. The van der Waals surface area contributed by atoms with E-state index in [0.717, 1.165) is 21.3 Å². The number of hydrogen-bond acceptors (Lipinski definition) is 4. The van der Waals surface area contributed by atoms with Gasteiger partial charge in [0.05, 0.1) is 24.6 Å². The number of hydrogen-bond donors (Lipinski definition) is 1. The Morgan fingerprint density at radius 1 is 1.00 bits per heavy atom. The zero-order valence-corrected chi connectivity index (χ0v) is 20.3. The van der Waals surface area contributed by atoms with Crippen molar-refractivity contribution < 1.29 is 17.9 Å². The van der Waals surface area contributed by atoms with E-state index in [1.54, 1.807) is 25.3 Å².